The van der Waals surface area contributed by atoms with E-state index in [-0.39, 0.29) is 11.3 Å². The Kier molecular flexibility index (Phi) is 7.78. The molecule has 1 aromatic heterocycles. The Balaban J connectivity index is 2.04. The lowest BCUT2D eigenvalue weighted by molar-refractivity contribution is -0.140. The van der Waals surface area contributed by atoms with E-state index < -0.39 is 17.7 Å². The van der Waals surface area contributed by atoms with Crippen molar-refractivity contribution in [1.82, 2.24) is 9.88 Å². The number of aromatic nitrogens is 1. The zero-order valence-electron chi connectivity index (χ0n) is 17.9. The molecule has 1 unspecified atom stereocenters. The maximum Gasteiger partial charge on any atom is 0.295 e. The van der Waals surface area contributed by atoms with Gasteiger partial charge in [0.25, 0.3) is 11.7 Å². The normalized spacial score (nSPS) is 17.9. The van der Waals surface area contributed by atoms with Gasteiger partial charge < -0.3 is 19.5 Å². The number of pyridine rings is 1. The zero-order chi connectivity index (χ0) is 22.2. The fraction of sp³-hybridized carbons (Fsp3) is 0.375. The van der Waals surface area contributed by atoms with E-state index in [9.17, 15) is 14.7 Å². The third-order valence-electron chi connectivity index (χ3n) is 5.18. The number of ketones is 1. The van der Waals surface area contributed by atoms with Gasteiger partial charge in [-0.25, -0.2) is 0 Å². The molecule has 2 heterocycles. The number of carbonyl (C=O) groups excluding carboxylic acids is 2. The van der Waals surface area contributed by atoms with Gasteiger partial charge in [-0.2, -0.15) is 0 Å². The Morgan fingerprint density at radius 1 is 1.13 bits per heavy atom. The van der Waals surface area contributed by atoms with Crippen molar-refractivity contribution in [3.63, 3.8) is 0 Å². The summed E-state index contributed by atoms with van der Waals surface area (Å²) in [6, 6.07) is 9.85. The van der Waals surface area contributed by atoms with Gasteiger partial charge in [-0.3, -0.25) is 14.6 Å². The molecule has 1 amide bonds. The number of methoxy groups -OCH3 is 1. The first-order chi connectivity index (χ1) is 15.1. The Labute approximate surface area is 182 Å². The highest BCUT2D eigenvalue weighted by atomic mass is 16.5. The van der Waals surface area contributed by atoms with Gasteiger partial charge in [0.05, 0.1) is 18.2 Å². The first kappa shape index (κ1) is 22.5. The van der Waals surface area contributed by atoms with E-state index in [1.165, 1.54) is 17.3 Å². The average molecular weight is 424 g/mol. The second-order valence-corrected chi connectivity index (χ2v) is 7.35. The third-order valence-corrected chi connectivity index (χ3v) is 5.18. The predicted molar refractivity (Wildman–Crippen MR) is 117 cm³/mol. The highest BCUT2D eigenvalue weighted by Gasteiger charge is 2.45. The number of Topliss-reactive ketones (excluding diaryl/α,β-unsaturated/α-hetero) is 1. The van der Waals surface area contributed by atoms with Crippen molar-refractivity contribution >= 4 is 17.4 Å². The molecule has 31 heavy (non-hydrogen) atoms. The summed E-state index contributed by atoms with van der Waals surface area (Å²) in [5.74, 6) is -0.877. The number of aliphatic hydroxyl groups excluding tert-OH is 1. The fourth-order valence-electron chi connectivity index (χ4n) is 3.61. The number of nitrogens with zero attached hydrogens (tertiary/aromatic N) is 2. The molecular weight excluding hydrogens is 396 g/mol. The minimum atomic E-state index is -0.709. The molecule has 2 aromatic rings. The summed E-state index contributed by atoms with van der Waals surface area (Å²) in [6.45, 7) is 3.47. The van der Waals surface area contributed by atoms with Gasteiger partial charge in [0.1, 0.15) is 11.5 Å². The summed E-state index contributed by atoms with van der Waals surface area (Å²) in [5.41, 5.74) is 1.21. The average Bonchev–Trinajstić information content (AvgIpc) is 3.05. The Bertz CT molecular complexity index is 942. The standard InChI is InChI=1S/C24H28N2O5/c1-3-4-15-31-19-8-5-7-18(16-19)21-20(22(27)17-9-11-25-12-10-17)23(28)24(29)26(21)13-6-14-30-2/h5,7-12,16,21,27H,3-4,6,13-15H2,1-2H3/b22-20+. The molecule has 7 nitrogen and oxygen atoms in total. The lowest BCUT2D eigenvalue weighted by Crippen LogP contribution is -2.31. The van der Waals surface area contributed by atoms with E-state index in [0.29, 0.717) is 43.1 Å². The Morgan fingerprint density at radius 2 is 1.90 bits per heavy atom. The van der Waals surface area contributed by atoms with Crippen LogP contribution in [-0.4, -0.2) is 53.5 Å². The third kappa shape index (κ3) is 5.11. The summed E-state index contributed by atoms with van der Waals surface area (Å²) in [6.07, 6.45) is 5.58. The summed E-state index contributed by atoms with van der Waals surface area (Å²) < 4.78 is 10.9. The molecule has 1 saturated heterocycles. The van der Waals surface area contributed by atoms with Gasteiger partial charge >= 0.3 is 0 Å². The number of amides is 1. The van der Waals surface area contributed by atoms with E-state index in [1.807, 2.05) is 24.3 Å². The number of hydrogen-bond donors (Lipinski definition) is 1. The van der Waals surface area contributed by atoms with Crippen molar-refractivity contribution < 1.29 is 24.2 Å². The summed E-state index contributed by atoms with van der Waals surface area (Å²) in [7, 11) is 1.59. The van der Waals surface area contributed by atoms with E-state index in [4.69, 9.17) is 9.47 Å². The van der Waals surface area contributed by atoms with Crippen molar-refractivity contribution in [2.24, 2.45) is 0 Å². The van der Waals surface area contributed by atoms with Gasteiger partial charge in [-0.05, 0) is 42.7 Å². The van der Waals surface area contributed by atoms with Gasteiger partial charge in [-0.15, -0.1) is 0 Å². The smallest absolute Gasteiger partial charge is 0.295 e. The van der Waals surface area contributed by atoms with Crippen LogP contribution in [0.25, 0.3) is 5.76 Å². The van der Waals surface area contributed by atoms with Crippen LogP contribution in [0.1, 0.15) is 43.4 Å². The van der Waals surface area contributed by atoms with Gasteiger partial charge in [0, 0.05) is 38.2 Å². The van der Waals surface area contributed by atoms with Crippen LogP contribution in [0, 0.1) is 0 Å². The molecule has 0 spiro atoms. The molecule has 7 heteroatoms. The molecule has 0 saturated carbocycles. The lowest BCUT2D eigenvalue weighted by Gasteiger charge is -2.25. The first-order valence-corrected chi connectivity index (χ1v) is 10.5. The number of ether oxygens (including phenoxy) is 2. The van der Waals surface area contributed by atoms with E-state index in [2.05, 4.69) is 11.9 Å². The minimum absolute atomic E-state index is 0.0688. The van der Waals surface area contributed by atoms with Crippen LogP contribution in [0.4, 0.5) is 0 Å². The molecule has 1 N–H and O–H groups in total. The number of benzene rings is 1. The molecule has 1 aliphatic rings. The molecule has 1 aliphatic heterocycles. The van der Waals surface area contributed by atoms with E-state index in [1.54, 1.807) is 19.2 Å². The highest BCUT2D eigenvalue weighted by molar-refractivity contribution is 6.46. The number of aliphatic hydroxyl groups is 1. The first-order valence-electron chi connectivity index (χ1n) is 10.5. The van der Waals surface area contributed by atoms with Gasteiger partial charge in [-0.1, -0.05) is 25.5 Å². The predicted octanol–water partition coefficient (Wildman–Crippen LogP) is 3.72. The molecule has 0 radical (unpaired) electrons. The summed E-state index contributed by atoms with van der Waals surface area (Å²) in [4.78, 5) is 31.3. The monoisotopic (exact) mass is 424 g/mol. The largest absolute Gasteiger partial charge is 0.507 e. The Hall–Kier alpha value is -3.19. The van der Waals surface area contributed by atoms with E-state index >= 15 is 0 Å². The quantitative estimate of drug-likeness (QED) is 0.271. The van der Waals surface area contributed by atoms with E-state index in [0.717, 1.165) is 12.8 Å². The van der Waals surface area contributed by atoms with Crippen LogP contribution in [0.2, 0.25) is 0 Å². The van der Waals surface area contributed by atoms with Crippen LogP contribution in [-0.2, 0) is 14.3 Å². The van der Waals surface area contributed by atoms with Crippen molar-refractivity contribution in [2.75, 3.05) is 26.9 Å². The highest BCUT2D eigenvalue weighted by Crippen LogP contribution is 2.40. The molecule has 1 fully saturated rings. The molecule has 0 bridgehead atoms. The fourth-order valence-corrected chi connectivity index (χ4v) is 3.61. The van der Waals surface area contributed by atoms with Gasteiger partial charge in [0.15, 0.2) is 0 Å². The second-order valence-electron chi connectivity index (χ2n) is 7.35. The van der Waals surface area contributed by atoms with Crippen LogP contribution in [0.15, 0.2) is 54.4 Å². The topological polar surface area (TPSA) is 89.0 Å². The van der Waals surface area contributed by atoms with Crippen molar-refractivity contribution in [3.8, 4) is 5.75 Å². The maximum absolute atomic E-state index is 13.0. The molecule has 3 rings (SSSR count). The molecule has 1 aromatic carbocycles. The molecule has 0 aliphatic carbocycles. The number of hydrogen-bond acceptors (Lipinski definition) is 6. The molecule has 1 atom stereocenters. The number of carbonyl (C=O) groups is 2. The van der Waals surface area contributed by atoms with Crippen molar-refractivity contribution in [1.29, 1.82) is 0 Å². The minimum Gasteiger partial charge on any atom is -0.507 e. The van der Waals surface area contributed by atoms with Gasteiger partial charge in [0.2, 0.25) is 0 Å². The number of unbranched alkanes of at least 4 members (excludes halogenated alkanes) is 1. The number of likely N-dealkylation sites (tertiary alicyclic amines) is 1. The molecule has 164 valence electrons. The summed E-state index contributed by atoms with van der Waals surface area (Å²) >= 11 is 0. The zero-order valence-corrected chi connectivity index (χ0v) is 17.9. The SMILES string of the molecule is CCCCOc1cccc(C2/C(=C(\O)c3ccncc3)C(=O)C(=O)N2CCCOC)c1. The van der Waals surface area contributed by atoms with Crippen LogP contribution in [0.5, 0.6) is 5.75 Å². The molecular formula is C24H28N2O5. The van der Waals surface area contributed by atoms with Crippen LogP contribution < -0.4 is 4.74 Å². The van der Waals surface area contributed by atoms with Crippen molar-refractivity contribution in [2.45, 2.75) is 32.2 Å². The van der Waals surface area contributed by atoms with Crippen LogP contribution >= 0.6 is 0 Å². The Morgan fingerprint density at radius 3 is 2.61 bits per heavy atom. The van der Waals surface area contributed by atoms with Crippen LogP contribution in [0.3, 0.4) is 0 Å². The van der Waals surface area contributed by atoms with Crippen molar-refractivity contribution in [3.05, 3.63) is 65.5 Å². The second kappa shape index (κ2) is 10.7. The summed E-state index contributed by atoms with van der Waals surface area (Å²) in [5, 5.41) is 11.0. The maximum atomic E-state index is 13.0. The lowest BCUT2D eigenvalue weighted by atomic mass is 9.95. The number of rotatable bonds is 10.